The zero-order valence-corrected chi connectivity index (χ0v) is 21.6. The number of hydrogen-bond acceptors (Lipinski definition) is 6. The van der Waals surface area contributed by atoms with Gasteiger partial charge in [0.15, 0.2) is 17.1 Å². The number of benzene rings is 3. The first-order valence-corrected chi connectivity index (χ1v) is 12.5. The molecule has 0 fully saturated rings. The van der Waals surface area contributed by atoms with Crippen molar-refractivity contribution in [3.63, 3.8) is 0 Å². The number of para-hydroxylation sites is 1. The van der Waals surface area contributed by atoms with E-state index in [-0.39, 0.29) is 11.6 Å². The van der Waals surface area contributed by atoms with Crippen LogP contribution in [0.5, 0.6) is 11.5 Å². The van der Waals surface area contributed by atoms with Crippen molar-refractivity contribution in [2.75, 3.05) is 12.4 Å². The number of nitrogens with zero attached hydrogens (tertiary/aromatic N) is 3. The van der Waals surface area contributed by atoms with Crippen LogP contribution in [-0.2, 0) is 11.0 Å². The molecule has 38 heavy (non-hydrogen) atoms. The molecule has 0 saturated heterocycles. The van der Waals surface area contributed by atoms with Crippen LogP contribution in [0.25, 0.3) is 5.69 Å². The molecule has 3 aromatic carbocycles. The zero-order valence-electron chi connectivity index (χ0n) is 20.8. The van der Waals surface area contributed by atoms with E-state index in [0.717, 1.165) is 17.8 Å². The molecule has 4 rings (SSSR count). The first-order chi connectivity index (χ1) is 18.2. The van der Waals surface area contributed by atoms with Crippen molar-refractivity contribution >= 4 is 23.4 Å². The van der Waals surface area contributed by atoms with Gasteiger partial charge in [-0.05, 0) is 74.5 Å². The number of carbonyl (C=O) groups excluding carboxylic acids is 1. The number of amides is 1. The van der Waals surface area contributed by atoms with E-state index in [1.165, 1.54) is 23.9 Å². The van der Waals surface area contributed by atoms with E-state index in [1.807, 2.05) is 41.8 Å². The average Bonchev–Trinajstić information content (AvgIpc) is 3.33. The Morgan fingerprint density at radius 3 is 2.16 bits per heavy atom. The Morgan fingerprint density at radius 2 is 1.55 bits per heavy atom. The second-order valence-electron chi connectivity index (χ2n) is 8.27. The van der Waals surface area contributed by atoms with Gasteiger partial charge in [0.25, 0.3) is 0 Å². The molecule has 0 spiro atoms. The summed E-state index contributed by atoms with van der Waals surface area (Å²) < 4.78 is 51.6. The fourth-order valence-electron chi connectivity index (χ4n) is 3.55. The average molecular weight is 543 g/mol. The highest BCUT2D eigenvalue weighted by Crippen LogP contribution is 2.32. The monoisotopic (exact) mass is 542 g/mol. The van der Waals surface area contributed by atoms with Crippen LogP contribution in [-0.4, -0.2) is 33.0 Å². The maximum atomic E-state index is 12.8. The van der Waals surface area contributed by atoms with Crippen molar-refractivity contribution in [1.29, 1.82) is 0 Å². The number of carbonyl (C=O) groups is 1. The van der Waals surface area contributed by atoms with Crippen molar-refractivity contribution in [3.05, 3.63) is 90.3 Å². The van der Waals surface area contributed by atoms with E-state index in [1.54, 1.807) is 38.3 Å². The standard InChI is InChI=1S/C27H25F3N4O3S/c1-17(37-23-15-13-22(36-3)14-16-23)24-32-33-26(34(24)21-7-5-4-6-8-21)38-18(2)25(35)31-20-11-9-19(10-12-20)27(28,29)30/h4-18H,1-3H3,(H,31,35). The largest absolute Gasteiger partial charge is 0.497 e. The molecule has 2 atom stereocenters. The fourth-order valence-corrected chi connectivity index (χ4v) is 4.42. The van der Waals surface area contributed by atoms with Crippen LogP contribution in [0, 0.1) is 0 Å². The Hall–Kier alpha value is -3.99. The molecule has 4 aromatic rings. The second-order valence-corrected chi connectivity index (χ2v) is 9.58. The fraction of sp³-hybridized carbons (Fsp3) is 0.222. The molecule has 0 saturated carbocycles. The molecule has 0 aliphatic heterocycles. The van der Waals surface area contributed by atoms with Gasteiger partial charge in [-0.25, -0.2) is 0 Å². The van der Waals surface area contributed by atoms with Crippen molar-refractivity contribution in [3.8, 4) is 17.2 Å². The number of nitrogens with one attached hydrogen (secondary N) is 1. The van der Waals surface area contributed by atoms with Crippen molar-refractivity contribution in [2.45, 2.75) is 36.5 Å². The lowest BCUT2D eigenvalue weighted by Crippen LogP contribution is -2.23. The van der Waals surface area contributed by atoms with Crippen molar-refractivity contribution in [1.82, 2.24) is 14.8 Å². The van der Waals surface area contributed by atoms with Crippen LogP contribution in [0.2, 0.25) is 0 Å². The minimum Gasteiger partial charge on any atom is -0.497 e. The van der Waals surface area contributed by atoms with E-state index < -0.39 is 23.1 Å². The van der Waals surface area contributed by atoms with Crippen LogP contribution in [0.1, 0.15) is 31.3 Å². The molecule has 2 unspecified atom stereocenters. The Bertz CT molecular complexity index is 1360. The molecular formula is C27H25F3N4O3S. The lowest BCUT2D eigenvalue weighted by molar-refractivity contribution is -0.137. The van der Waals surface area contributed by atoms with Gasteiger partial charge >= 0.3 is 6.18 Å². The van der Waals surface area contributed by atoms with E-state index in [9.17, 15) is 18.0 Å². The smallest absolute Gasteiger partial charge is 0.416 e. The van der Waals surface area contributed by atoms with Gasteiger partial charge in [0, 0.05) is 11.4 Å². The predicted molar refractivity (Wildman–Crippen MR) is 139 cm³/mol. The molecule has 11 heteroatoms. The number of ether oxygens (including phenoxy) is 2. The van der Waals surface area contributed by atoms with E-state index >= 15 is 0 Å². The second kappa shape index (κ2) is 11.6. The topological polar surface area (TPSA) is 78.3 Å². The van der Waals surface area contributed by atoms with Gasteiger partial charge in [0.1, 0.15) is 11.5 Å². The highest BCUT2D eigenvalue weighted by molar-refractivity contribution is 8.00. The minimum absolute atomic E-state index is 0.266. The molecule has 7 nitrogen and oxygen atoms in total. The van der Waals surface area contributed by atoms with Crippen LogP contribution in [0.4, 0.5) is 18.9 Å². The lowest BCUT2D eigenvalue weighted by Gasteiger charge is -2.18. The summed E-state index contributed by atoms with van der Waals surface area (Å²) in [6, 6.07) is 20.9. The minimum atomic E-state index is -4.45. The summed E-state index contributed by atoms with van der Waals surface area (Å²) in [4.78, 5) is 12.8. The maximum absolute atomic E-state index is 12.8. The summed E-state index contributed by atoms with van der Waals surface area (Å²) in [5.41, 5.74) is 0.269. The number of aromatic nitrogens is 3. The number of anilines is 1. The quantitative estimate of drug-likeness (QED) is 0.242. The molecule has 0 aliphatic carbocycles. The Morgan fingerprint density at radius 1 is 0.921 bits per heavy atom. The number of halogens is 3. The number of rotatable bonds is 9. The molecule has 1 heterocycles. The van der Waals surface area contributed by atoms with Crippen LogP contribution < -0.4 is 14.8 Å². The Labute approximate surface area is 222 Å². The molecule has 0 aliphatic rings. The lowest BCUT2D eigenvalue weighted by atomic mass is 10.2. The van der Waals surface area contributed by atoms with Gasteiger partial charge in [-0.1, -0.05) is 30.0 Å². The SMILES string of the molecule is COc1ccc(OC(C)c2nnc(SC(C)C(=O)Nc3ccc(C(F)(F)F)cc3)n2-c2ccccc2)cc1. The normalized spacial score (nSPS) is 13.0. The molecule has 1 aromatic heterocycles. The number of alkyl halides is 3. The van der Waals surface area contributed by atoms with Gasteiger partial charge in [0.05, 0.1) is 17.9 Å². The van der Waals surface area contributed by atoms with E-state index in [0.29, 0.717) is 22.5 Å². The molecule has 0 radical (unpaired) electrons. The summed E-state index contributed by atoms with van der Waals surface area (Å²) in [7, 11) is 1.59. The summed E-state index contributed by atoms with van der Waals surface area (Å²) >= 11 is 1.17. The van der Waals surface area contributed by atoms with Crippen LogP contribution >= 0.6 is 11.8 Å². The molecule has 198 valence electrons. The van der Waals surface area contributed by atoms with E-state index in [4.69, 9.17) is 9.47 Å². The highest BCUT2D eigenvalue weighted by Gasteiger charge is 2.30. The summed E-state index contributed by atoms with van der Waals surface area (Å²) in [5, 5.41) is 11.2. The molecule has 0 bridgehead atoms. The van der Waals surface area contributed by atoms with Crippen LogP contribution in [0.3, 0.4) is 0 Å². The van der Waals surface area contributed by atoms with Crippen LogP contribution in [0.15, 0.2) is 84.0 Å². The Balaban J connectivity index is 1.53. The van der Waals surface area contributed by atoms with Gasteiger partial charge in [0.2, 0.25) is 5.91 Å². The van der Waals surface area contributed by atoms with Gasteiger partial charge in [-0.15, -0.1) is 10.2 Å². The van der Waals surface area contributed by atoms with Crippen molar-refractivity contribution in [2.24, 2.45) is 0 Å². The third-order valence-corrected chi connectivity index (χ3v) is 6.58. The molecule has 1 N–H and O–H groups in total. The predicted octanol–water partition coefficient (Wildman–Crippen LogP) is 6.55. The third kappa shape index (κ3) is 6.46. The highest BCUT2D eigenvalue weighted by atomic mass is 32.2. The number of thioether (sulfide) groups is 1. The zero-order chi connectivity index (χ0) is 27.3. The van der Waals surface area contributed by atoms with Gasteiger partial charge < -0.3 is 14.8 Å². The first-order valence-electron chi connectivity index (χ1n) is 11.6. The van der Waals surface area contributed by atoms with Gasteiger partial charge in [-0.3, -0.25) is 9.36 Å². The summed E-state index contributed by atoms with van der Waals surface area (Å²) in [6.07, 6.45) is -4.93. The van der Waals surface area contributed by atoms with E-state index in [2.05, 4.69) is 15.5 Å². The summed E-state index contributed by atoms with van der Waals surface area (Å²) in [6.45, 7) is 3.54. The summed E-state index contributed by atoms with van der Waals surface area (Å²) in [5.74, 6) is 1.48. The maximum Gasteiger partial charge on any atom is 0.416 e. The molecular weight excluding hydrogens is 517 g/mol. The number of hydrogen-bond donors (Lipinski definition) is 1. The van der Waals surface area contributed by atoms with Gasteiger partial charge in [-0.2, -0.15) is 13.2 Å². The van der Waals surface area contributed by atoms with Crippen molar-refractivity contribution < 1.29 is 27.4 Å². The number of methoxy groups -OCH3 is 1. The first kappa shape index (κ1) is 27.1. The molecule has 1 amide bonds. The third-order valence-electron chi connectivity index (χ3n) is 5.54. The Kier molecular flexibility index (Phi) is 8.26.